The van der Waals surface area contributed by atoms with Gasteiger partial charge in [-0.15, -0.1) is 11.3 Å². The Labute approximate surface area is 110 Å². The fourth-order valence-electron chi connectivity index (χ4n) is 2.74. The van der Waals surface area contributed by atoms with E-state index >= 15 is 0 Å². The number of nitrogens with one attached hydrogen (secondary N) is 1. The summed E-state index contributed by atoms with van der Waals surface area (Å²) in [7, 11) is -3.47. The lowest BCUT2D eigenvalue weighted by atomic mass is 9.96. The van der Waals surface area contributed by atoms with Gasteiger partial charge in [0.05, 0.1) is 23.1 Å². The van der Waals surface area contributed by atoms with Gasteiger partial charge in [0.15, 0.2) is 0 Å². The van der Waals surface area contributed by atoms with Gasteiger partial charge in [0.25, 0.3) is 0 Å². The van der Waals surface area contributed by atoms with Crippen LogP contribution in [0.2, 0.25) is 0 Å². The van der Waals surface area contributed by atoms with E-state index in [1.54, 1.807) is 11.4 Å². The summed E-state index contributed by atoms with van der Waals surface area (Å²) in [5.74, 6) is 0. The molecule has 1 aromatic rings. The van der Waals surface area contributed by atoms with E-state index in [2.05, 4.69) is 4.72 Å². The first kappa shape index (κ1) is 12.6. The van der Waals surface area contributed by atoms with Crippen LogP contribution in [0.15, 0.2) is 16.3 Å². The van der Waals surface area contributed by atoms with Gasteiger partial charge in [-0.3, -0.25) is 0 Å². The van der Waals surface area contributed by atoms with Crippen molar-refractivity contribution in [2.24, 2.45) is 5.73 Å². The number of nitrogens with two attached hydrogens (primary N) is 1. The third kappa shape index (κ3) is 2.10. The molecule has 2 saturated heterocycles. The summed E-state index contributed by atoms with van der Waals surface area (Å²) in [6.45, 7) is 0.251. The predicted octanol–water partition coefficient (Wildman–Crippen LogP) is 0.805. The lowest BCUT2D eigenvalue weighted by Gasteiger charge is -2.19. The molecule has 0 aliphatic carbocycles. The highest BCUT2D eigenvalue weighted by Gasteiger charge is 2.42. The van der Waals surface area contributed by atoms with Crippen molar-refractivity contribution >= 4 is 21.4 Å². The Hall–Kier alpha value is -0.470. The topological polar surface area (TPSA) is 81.4 Å². The first-order valence-electron chi connectivity index (χ1n) is 6.04. The third-order valence-electron chi connectivity index (χ3n) is 3.59. The first-order chi connectivity index (χ1) is 8.60. The van der Waals surface area contributed by atoms with Gasteiger partial charge in [0, 0.05) is 11.4 Å². The van der Waals surface area contributed by atoms with Gasteiger partial charge >= 0.3 is 0 Å². The van der Waals surface area contributed by atoms with Gasteiger partial charge in [-0.25, -0.2) is 13.1 Å². The molecule has 2 fully saturated rings. The highest BCUT2D eigenvalue weighted by atomic mass is 32.2. The molecule has 3 atom stereocenters. The molecule has 2 aliphatic rings. The third-order valence-corrected chi connectivity index (χ3v) is 6.24. The van der Waals surface area contributed by atoms with E-state index in [0.29, 0.717) is 9.77 Å². The minimum atomic E-state index is -3.47. The van der Waals surface area contributed by atoms with Crippen LogP contribution in [0, 0.1) is 0 Å². The molecule has 1 aromatic heterocycles. The predicted molar refractivity (Wildman–Crippen MR) is 68.8 cm³/mol. The SMILES string of the molecule is NCc1sccc1S(=O)(=O)NC1CC2CCC1O2. The van der Waals surface area contributed by atoms with E-state index < -0.39 is 10.0 Å². The van der Waals surface area contributed by atoms with Crippen molar-refractivity contribution in [2.75, 3.05) is 0 Å². The molecule has 3 rings (SSSR count). The molecule has 0 aromatic carbocycles. The maximum atomic E-state index is 12.3. The molecule has 100 valence electrons. The van der Waals surface area contributed by atoms with Crippen molar-refractivity contribution < 1.29 is 13.2 Å². The average Bonchev–Trinajstić information content (AvgIpc) is 3.03. The van der Waals surface area contributed by atoms with Crippen molar-refractivity contribution in [2.45, 2.75) is 49.0 Å². The Morgan fingerprint density at radius 3 is 2.94 bits per heavy atom. The van der Waals surface area contributed by atoms with E-state index in [4.69, 9.17) is 10.5 Å². The van der Waals surface area contributed by atoms with Crippen LogP contribution in [0.25, 0.3) is 0 Å². The summed E-state index contributed by atoms with van der Waals surface area (Å²) in [6, 6.07) is 1.53. The Kier molecular flexibility index (Phi) is 3.19. The first-order valence-corrected chi connectivity index (χ1v) is 8.40. The van der Waals surface area contributed by atoms with Gasteiger partial charge in [0.2, 0.25) is 10.0 Å². The molecule has 0 amide bonds. The highest BCUT2D eigenvalue weighted by molar-refractivity contribution is 7.89. The van der Waals surface area contributed by atoms with Crippen molar-refractivity contribution in [3.05, 3.63) is 16.3 Å². The maximum Gasteiger partial charge on any atom is 0.242 e. The van der Waals surface area contributed by atoms with Crippen molar-refractivity contribution in [1.29, 1.82) is 0 Å². The quantitative estimate of drug-likeness (QED) is 0.859. The molecule has 7 heteroatoms. The molecule has 0 saturated carbocycles. The zero-order valence-corrected chi connectivity index (χ0v) is 11.5. The molecule has 2 aliphatic heterocycles. The zero-order chi connectivity index (χ0) is 12.8. The smallest absolute Gasteiger partial charge is 0.242 e. The van der Waals surface area contributed by atoms with Crippen LogP contribution in [-0.4, -0.2) is 26.7 Å². The standard InChI is InChI=1S/C11H16N2O3S2/c12-6-10-11(3-4-17-10)18(14,15)13-8-5-7-1-2-9(8)16-7/h3-4,7-9,13H,1-2,5-6,12H2. The molecule has 3 N–H and O–H groups in total. The molecular weight excluding hydrogens is 272 g/mol. The maximum absolute atomic E-state index is 12.3. The minimum Gasteiger partial charge on any atom is -0.373 e. The summed E-state index contributed by atoms with van der Waals surface area (Å²) in [5, 5.41) is 1.76. The number of sulfonamides is 1. The fourth-order valence-corrected chi connectivity index (χ4v) is 5.35. The lowest BCUT2D eigenvalue weighted by Crippen LogP contribution is -2.41. The molecule has 2 bridgehead atoms. The summed E-state index contributed by atoms with van der Waals surface area (Å²) in [5.41, 5.74) is 5.55. The van der Waals surface area contributed by atoms with Gasteiger partial charge in [-0.1, -0.05) is 0 Å². The van der Waals surface area contributed by atoms with E-state index in [0.717, 1.165) is 19.3 Å². The second-order valence-electron chi connectivity index (χ2n) is 4.75. The van der Waals surface area contributed by atoms with Crippen molar-refractivity contribution in [1.82, 2.24) is 4.72 Å². The summed E-state index contributed by atoms with van der Waals surface area (Å²) < 4.78 is 33.0. The van der Waals surface area contributed by atoms with Crippen molar-refractivity contribution in [3.63, 3.8) is 0 Å². The second kappa shape index (κ2) is 4.57. The summed E-state index contributed by atoms with van der Waals surface area (Å²) >= 11 is 1.37. The van der Waals surface area contributed by atoms with E-state index in [1.807, 2.05) is 0 Å². The Morgan fingerprint density at radius 2 is 2.33 bits per heavy atom. The zero-order valence-electron chi connectivity index (χ0n) is 9.83. The number of rotatable bonds is 4. The Balaban J connectivity index is 1.79. The van der Waals surface area contributed by atoms with Crippen LogP contribution in [-0.2, 0) is 21.3 Å². The van der Waals surface area contributed by atoms with Gasteiger partial charge < -0.3 is 10.5 Å². The van der Waals surface area contributed by atoms with Crippen molar-refractivity contribution in [3.8, 4) is 0 Å². The van der Waals surface area contributed by atoms with Gasteiger partial charge in [0.1, 0.15) is 0 Å². The second-order valence-corrected chi connectivity index (χ2v) is 7.43. The molecule has 5 nitrogen and oxygen atoms in total. The number of hydrogen-bond donors (Lipinski definition) is 2. The van der Waals surface area contributed by atoms with Crippen LogP contribution in [0.4, 0.5) is 0 Å². The van der Waals surface area contributed by atoms with Gasteiger partial charge in [-0.2, -0.15) is 0 Å². The highest BCUT2D eigenvalue weighted by Crippen LogP contribution is 2.35. The summed E-state index contributed by atoms with van der Waals surface area (Å²) in [6.07, 6.45) is 3.07. The van der Waals surface area contributed by atoms with Crippen LogP contribution in [0.1, 0.15) is 24.1 Å². The van der Waals surface area contributed by atoms with E-state index in [-0.39, 0.29) is 24.8 Å². The largest absolute Gasteiger partial charge is 0.373 e. The van der Waals surface area contributed by atoms with Gasteiger partial charge in [-0.05, 0) is 30.7 Å². The lowest BCUT2D eigenvalue weighted by molar-refractivity contribution is 0.0996. The minimum absolute atomic E-state index is 0.0461. The van der Waals surface area contributed by atoms with E-state index in [9.17, 15) is 8.42 Å². The normalized spacial score (nSPS) is 31.1. The number of ether oxygens (including phenoxy) is 1. The molecular formula is C11H16N2O3S2. The molecule has 3 heterocycles. The average molecular weight is 288 g/mol. The Morgan fingerprint density at radius 1 is 1.50 bits per heavy atom. The molecule has 3 unspecified atom stereocenters. The Bertz CT molecular complexity index is 540. The summed E-state index contributed by atoms with van der Waals surface area (Å²) in [4.78, 5) is 1.02. The monoisotopic (exact) mass is 288 g/mol. The number of hydrogen-bond acceptors (Lipinski definition) is 5. The number of thiophene rings is 1. The fraction of sp³-hybridized carbons (Fsp3) is 0.636. The van der Waals surface area contributed by atoms with Crippen LogP contribution >= 0.6 is 11.3 Å². The van der Waals surface area contributed by atoms with Crippen LogP contribution in [0.3, 0.4) is 0 Å². The molecule has 0 radical (unpaired) electrons. The van der Waals surface area contributed by atoms with E-state index in [1.165, 1.54) is 11.3 Å². The molecule has 0 spiro atoms. The molecule has 18 heavy (non-hydrogen) atoms. The number of fused-ring (bicyclic) bond motifs is 2. The van der Waals surface area contributed by atoms with Crippen LogP contribution < -0.4 is 10.5 Å². The van der Waals surface area contributed by atoms with Crippen LogP contribution in [0.5, 0.6) is 0 Å².